The number of nitrogens with two attached hydrogens (primary N) is 1. The highest BCUT2D eigenvalue weighted by molar-refractivity contribution is 5.78. The summed E-state index contributed by atoms with van der Waals surface area (Å²) in [5, 5.41) is 6.28. The second kappa shape index (κ2) is 7.62. The van der Waals surface area contributed by atoms with Gasteiger partial charge in [-0.1, -0.05) is 6.58 Å². The van der Waals surface area contributed by atoms with E-state index in [9.17, 15) is 9.18 Å². The Morgan fingerprint density at radius 1 is 1.45 bits per heavy atom. The molecule has 1 aromatic heterocycles. The Bertz CT molecular complexity index is 866. The highest BCUT2D eigenvalue weighted by Gasteiger charge is 2.44. The first-order chi connectivity index (χ1) is 13.5. The number of amides is 2. The molecule has 2 amide bonds. The van der Waals surface area contributed by atoms with Crippen molar-refractivity contribution in [2.45, 2.75) is 52.2 Å². The van der Waals surface area contributed by atoms with Crippen LogP contribution in [0.1, 0.15) is 33.5 Å². The molecule has 0 bridgehead atoms. The van der Waals surface area contributed by atoms with Gasteiger partial charge in [-0.05, 0) is 34.6 Å². The third-order valence-corrected chi connectivity index (χ3v) is 5.71. The van der Waals surface area contributed by atoms with Gasteiger partial charge in [0.15, 0.2) is 11.6 Å². The molecule has 0 unspecified atom stereocenters. The summed E-state index contributed by atoms with van der Waals surface area (Å²) in [6.45, 7) is 15.3. The summed E-state index contributed by atoms with van der Waals surface area (Å²) in [7, 11) is 0. The summed E-state index contributed by atoms with van der Waals surface area (Å²) in [4.78, 5) is 24.9. The zero-order valence-electron chi connectivity index (χ0n) is 17.7. The molecule has 4 N–H and O–H groups in total. The molecule has 0 saturated carbocycles. The third kappa shape index (κ3) is 3.91. The number of rotatable bonds is 3. The Morgan fingerprint density at radius 2 is 2.14 bits per heavy atom. The minimum atomic E-state index is -0.689. The molecule has 0 radical (unpaired) electrons. The first-order valence-electron chi connectivity index (χ1n) is 9.78. The molecule has 158 valence electrons. The molecule has 0 aliphatic carbocycles. The molecule has 0 aromatic carbocycles. The van der Waals surface area contributed by atoms with Gasteiger partial charge in [0.05, 0.1) is 18.3 Å². The molecule has 2 atom stereocenters. The predicted octanol–water partition coefficient (Wildman–Crippen LogP) is 1.96. The molecule has 29 heavy (non-hydrogen) atoms. The lowest BCUT2D eigenvalue weighted by atomic mass is 9.99. The lowest BCUT2D eigenvalue weighted by Gasteiger charge is -2.43. The van der Waals surface area contributed by atoms with Crippen molar-refractivity contribution in [3.8, 4) is 0 Å². The molecule has 8 nitrogen and oxygen atoms in total. The van der Waals surface area contributed by atoms with Crippen LogP contribution in [0.4, 0.5) is 15.0 Å². The average molecular weight is 404 g/mol. The van der Waals surface area contributed by atoms with Gasteiger partial charge < -0.3 is 26.2 Å². The van der Waals surface area contributed by atoms with Crippen molar-refractivity contribution in [3.05, 3.63) is 41.4 Å². The predicted molar refractivity (Wildman–Crippen MR) is 111 cm³/mol. The molecule has 1 aromatic rings. The standard InChI is InChI=1S/C20H30FN7O/c1-11-9-27(12(2)7-23-11)19(29)28-10-15(17(22)20(28,5)6)13(3)25-18-16(21)8-24-14(4)26-18/h8,11-12,23H,3,7,9-10,22H2,1-2,4-6H3,(H,24,25,26)/t11-,12+/m1/s1. The Kier molecular flexibility index (Phi) is 5.53. The number of nitrogens with one attached hydrogen (secondary N) is 2. The zero-order chi connectivity index (χ0) is 21.5. The van der Waals surface area contributed by atoms with Gasteiger partial charge >= 0.3 is 6.03 Å². The summed E-state index contributed by atoms with van der Waals surface area (Å²) >= 11 is 0. The van der Waals surface area contributed by atoms with Crippen molar-refractivity contribution >= 4 is 11.8 Å². The van der Waals surface area contributed by atoms with Crippen molar-refractivity contribution in [3.63, 3.8) is 0 Å². The summed E-state index contributed by atoms with van der Waals surface area (Å²) < 4.78 is 14.0. The number of anilines is 1. The van der Waals surface area contributed by atoms with E-state index in [0.29, 0.717) is 35.9 Å². The van der Waals surface area contributed by atoms with E-state index in [1.807, 2.05) is 25.7 Å². The van der Waals surface area contributed by atoms with E-state index in [1.165, 1.54) is 0 Å². The van der Waals surface area contributed by atoms with Crippen LogP contribution in [0.5, 0.6) is 0 Å². The van der Waals surface area contributed by atoms with Crippen LogP contribution in [0, 0.1) is 12.7 Å². The molecule has 9 heteroatoms. The van der Waals surface area contributed by atoms with E-state index in [4.69, 9.17) is 5.73 Å². The van der Waals surface area contributed by atoms with Crippen molar-refractivity contribution in [2.24, 2.45) is 5.73 Å². The number of carbonyl (C=O) groups excluding carboxylic acids is 1. The molecule has 0 spiro atoms. The molecule has 1 saturated heterocycles. The van der Waals surface area contributed by atoms with Gasteiger partial charge in [0, 0.05) is 42.1 Å². The van der Waals surface area contributed by atoms with Gasteiger partial charge in [0.25, 0.3) is 0 Å². The van der Waals surface area contributed by atoms with Gasteiger partial charge in [-0.2, -0.15) is 0 Å². The van der Waals surface area contributed by atoms with Crippen LogP contribution in [0.3, 0.4) is 0 Å². The highest BCUT2D eigenvalue weighted by Crippen LogP contribution is 2.35. The molecule has 3 heterocycles. The SMILES string of the molecule is C=C(Nc1nc(C)ncc1F)C1=C(N)C(C)(C)N(C(=O)N2C[C@@H](C)NC[C@@H]2C)C1. The quantitative estimate of drug-likeness (QED) is 0.714. The maximum Gasteiger partial charge on any atom is 0.321 e. The summed E-state index contributed by atoms with van der Waals surface area (Å²) in [6, 6.07) is 0.246. The maximum absolute atomic E-state index is 14.0. The van der Waals surface area contributed by atoms with E-state index < -0.39 is 11.4 Å². The summed E-state index contributed by atoms with van der Waals surface area (Å²) in [5.74, 6) is -0.103. The highest BCUT2D eigenvalue weighted by atomic mass is 19.1. The number of piperazine rings is 1. The zero-order valence-corrected chi connectivity index (χ0v) is 17.7. The first-order valence-corrected chi connectivity index (χ1v) is 9.78. The number of aromatic nitrogens is 2. The van der Waals surface area contributed by atoms with Crippen molar-refractivity contribution < 1.29 is 9.18 Å². The molecule has 1 fully saturated rings. The van der Waals surface area contributed by atoms with Gasteiger partial charge in [0.1, 0.15) is 5.82 Å². The monoisotopic (exact) mass is 403 g/mol. The number of aryl methyl sites for hydroxylation is 1. The van der Waals surface area contributed by atoms with Crippen LogP contribution in [-0.4, -0.2) is 63.1 Å². The van der Waals surface area contributed by atoms with Gasteiger partial charge in [0.2, 0.25) is 0 Å². The molecular formula is C20H30FN7O. The van der Waals surface area contributed by atoms with E-state index in [-0.39, 0.29) is 23.9 Å². The summed E-state index contributed by atoms with van der Waals surface area (Å²) in [6.07, 6.45) is 1.11. The average Bonchev–Trinajstić information content (AvgIpc) is 2.89. The van der Waals surface area contributed by atoms with Crippen molar-refractivity contribution in [2.75, 3.05) is 25.0 Å². The van der Waals surface area contributed by atoms with Crippen LogP contribution >= 0.6 is 0 Å². The normalized spacial score (nSPS) is 24.1. The minimum absolute atomic E-state index is 0.0370. The Morgan fingerprint density at radius 3 is 2.83 bits per heavy atom. The lowest BCUT2D eigenvalue weighted by Crippen LogP contribution is -2.61. The lowest BCUT2D eigenvalue weighted by molar-refractivity contribution is 0.0983. The number of hydrogen-bond acceptors (Lipinski definition) is 6. The van der Waals surface area contributed by atoms with Crippen LogP contribution in [0.25, 0.3) is 0 Å². The largest absolute Gasteiger partial charge is 0.400 e. The number of hydrogen-bond donors (Lipinski definition) is 3. The maximum atomic E-state index is 14.0. The van der Waals surface area contributed by atoms with Crippen molar-refractivity contribution in [1.29, 1.82) is 0 Å². The summed E-state index contributed by atoms with van der Waals surface area (Å²) in [5.41, 5.74) is 7.37. The third-order valence-electron chi connectivity index (χ3n) is 5.71. The van der Waals surface area contributed by atoms with Gasteiger partial charge in [-0.3, -0.25) is 0 Å². The number of halogens is 1. The van der Waals surface area contributed by atoms with Crippen molar-refractivity contribution in [1.82, 2.24) is 25.1 Å². The van der Waals surface area contributed by atoms with E-state index in [0.717, 1.165) is 12.7 Å². The van der Waals surface area contributed by atoms with Crippen LogP contribution in [0.15, 0.2) is 29.7 Å². The van der Waals surface area contributed by atoms with Gasteiger partial charge in [-0.25, -0.2) is 19.2 Å². The number of urea groups is 1. The number of nitrogens with zero attached hydrogens (tertiary/aromatic N) is 4. The topological polar surface area (TPSA) is 99.4 Å². The Hall–Kier alpha value is -2.68. The van der Waals surface area contributed by atoms with Crippen LogP contribution in [0.2, 0.25) is 0 Å². The van der Waals surface area contributed by atoms with Crippen LogP contribution < -0.4 is 16.4 Å². The fourth-order valence-electron chi connectivity index (χ4n) is 3.72. The second-order valence-corrected chi connectivity index (χ2v) is 8.35. The van der Waals surface area contributed by atoms with Gasteiger partial charge in [-0.15, -0.1) is 0 Å². The van der Waals surface area contributed by atoms with E-state index in [2.05, 4.69) is 34.1 Å². The van der Waals surface area contributed by atoms with E-state index >= 15 is 0 Å². The molecule has 2 aliphatic heterocycles. The molecule has 2 aliphatic rings. The molecular weight excluding hydrogens is 373 g/mol. The first kappa shape index (κ1) is 21.0. The Labute approximate surface area is 171 Å². The Balaban J connectivity index is 1.81. The fourth-order valence-corrected chi connectivity index (χ4v) is 3.72. The van der Waals surface area contributed by atoms with E-state index in [1.54, 1.807) is 11.8 Å². The smallest absolute Gasteiger partial charge is 0.321 e. The van der Waals surface area contributed by atoms with Crippen LogP contribution in [-0.2, 0) is 0 Å². The minimum Gasteiger partial charge on any atom is -0.400 e. The second-order valence-electron chi connectivity index (χ2n) is 8.35. The number of carbonyl (C=O) groups is 1. The molecule has 3 rings (SSSR count). The fraction of sp³-hybridized carbons (Fsp3) is 0.550.